The number of esters is 2. The van der Waals surface area contributed by atoms with Gasteiger partial charge in [-0.1, -0.05) is 38.7 Å². The molecule has 40 heavy (non-hydrogen) atoms. The van der Waals surface area contributed by atoms with E-state index in [2.05, 4.69) is 17.2 Å². The Labute approximate surface area is 237 Å². The first-order chi connectivity index (χ1) is 19.3. The van der Waals surface area contributed by atoms with Gasteiger partial charge in [0, 0.05) is 30.5 Å². The van der Waals surface area contributed by atoms with Gasteiger partial charge < -0.3 is 14.4 Å². The van der Waals surface area contributed by atoms with Crippen LogP contribution in [0.4, 0.5) is 21.5 Å². The van der Waals surface area contributed by atoms with Crippen LogP contribution in [0.3, 0.4) is 0 Å². The summed E-state index contributed by atoms with van der Waals surface area (Å²) in [6, 6.07) is 18.2. The summed E-state index contributed by atoms with van der Waals surface area (Å²) in [5, 5.41) is 8.85. The molecule has 0 N–H and O–H groups in total. The van der Waals surface area contributed by atoms with E-state index in [-0.39, 0.29) is 17.4 Å². The fourth-order valence-corrected chi connectivity index (χ4v) is 4.91. The van der Waals surface area contributed by atoms with Gasteiger partial charge >= 0.3 is 11.9 Å². The summed E-state index contributed by atoms with van der Waals surface area (Å²) in [6.07, 6.45) is 5.38. The molecule has 208 valence electrons. The summed E-state index contributed by atoms with van der Waals surface area (Å²) < 4.78 is 26.2. The number of ether oxygens (including phenoxy) is 2. The quantitative estimate of drug-likeness (QED) is 0.0747. The highest BCUT2D eigenvalue weighted by atomic mass is 32.1. The van der Waals surface area contributed by atoms with Crippen molar-refractivity contribution in [1.82, 2.24) is 0 Å². The number of anilines is 1. The van der Waals surface area contributed by atoms with Crippen LogP contribution in [-0.4, -0.2) is 32.6 Å². The lowest BCUT2D eigenvalue weighted by molar-refractivity contribution is 0.0497. The first-order valence-corrected chi connectivity index (χ1v) is 14.1. The molecule has 0 unspecified atom stereocenters. The highest BCUT2D eigenvalue weighted by molar-refractivity contribution is 7.20. The Morgan fingerprint density at radius 2 is 1.65 bits per heavy atom. The van der Waals surface area contributed by atoms with Gasteiger partial charge in [0.15, 0.2) is 5.82 Å². The van der Waals surface area contributed by atoms with Crippen molar-refractivity contribution in [3.63, 3.8) is 0 Å². The van der Waals surface area contributed by atoms with Gasteiger partial charge in [-0.05, 0) is 66.4 Å². The van der Waals surface area contributed by atoms with E-state index in [1.54, 1.807) is 36.4 Å². The molecule has 4 rings (SSSR count). The third kappa shape index (κ3) is 7.72. The van der Waals surface area contributed by atoms with Crippen molar-refractivity contribution in [2.24, 2.45) is 10.2 Å². The molecule has 0 saturated carbocycles. The first-order valence-electron chi connectivity index (χ1n) is 13.3. The number of hydrogen-bond acceptors (Lipinski definition) is 8. The second-order valence-electron chi connectivity index (χ2n) is 9.53. The molecular formula is C31H32FN3O4S. The standard InChI is InChI=1S/C31H32FN3O4S/c1-4-5-6-7-8-17-38-30(36)22-10-9-21-18-29(40-28(21)19-22)31(37)39-25-15-16-27(26(32)20-25)34-33-23-11-13-24(14-12-23)35(2)3/h9-16,18-20H,4-8,17H2,1-3H3/b34-33+. The molecule has 3 aromatic carbocycles. The van der Waals surface area contributed by atoms with Gasteiger partial charge in [-0.15, -0.1) is 16.5 Å². The molecule has 0 spiro atoms. The van der Waals surface area contributed by atoms with Crippen molar-refractivity contribution >= 4 is 50.4 Å². The monoisotopic (exact) mass is 561 g/mol. The SMILES string of the molecule is CCCCCCCOC(=O)c1ccc2cc(C(=O)Oc3ccc(/N=N/c4ccc(N(C)C)cc4)c(F)c3)sc2c1. The molecule has 1 heterocycles. The molecule has 0 amide bonds. The van der Waals surface area contributed by atoms with Crippen LogP contribution < -0.4 is 9.64 Å². The van der Waals surface area contributed by atoms with Crippen molar-refractivity contribution in [1.29, 1.82) is 0 Å². The molecule has 0 bridgehead atoms. The second kappa shape index (κ2) is 13.8. The first kappa shape index (κ1) is 28.9. The molecule has 0 aliphatic carbocycles. The lowest BCUT2D eigenvalue weighted by Gasteiger charge is -2.11. The number of carbonyl (C=O) groups is 2. The zero-order chi connectivity index (χ0) is 28.5. The maximum Gasteiger partial charge on any atom is 0.353 e. The van der Waals surface area contributed by atoms with Gasteiger partial charge in [-0.2, -0.15) is 5.11 Å². The number of halogens is 1. The van der Waals surface area contributed by atoms with Crippen LogP contribution in [0, 0.1) is 5.82 Å². The number of azo groups is 1. The fourth-order valence-electron chi connectivity index (χ4n) is 3.93. The summed E-state index contributed by atoms with van der Waals surface area (Å²) in [5.41, 5.74) is 2.06. The third-order valence-corrected chi connectivity index (χ3v) is 7.28. The highest BCUT2D eigenvalue weighted by Crippen LogP contribution is 2.30. The topological polar surface area (TPSA) is 80.6 Å². The van der Waals surface area contributed by atoms with E-state index in [0.29, 0.717) is 22.7 Å². The maximum absolute atomic E-state index is 14.6. The number of thiophene rings is 1. The summed E-state index contributed by atoms with van der Waals surface area (Å²) in [4.78, 5) is 27.5. The highest BCUT2D eigenvalue weighted by Gasteiger charge is 2.16. The minimum atomic E-state index is -0.663. The van der Waals surface area contributed by atoms with Crippen LogP contribution in [0.15, 0.2) is 77.0 Å². The predicted molar refractivity (Wildman–Crippen MR) is 157 cm³/mol. The average molecular weight is 562 g/mol. The van der Waals surface area contributed by atoms with E-state index in [0.717, 1.165) is 41.1 Å². The molecule has 0 fully saturated rings. The minimum Gasteiger partial charge on any atom is -0.462 e. The summed E-state index contributed by atoms with van der Waals surface area (Å²) in [6.45, 7) is 2.55. The lowest BCUT2D eigenvalue weighted by Crippen LogP contribution is -2.07. The Morgan fingerprint density at radius 3 is 2.38 bits per heavy atom. The van der Waals surface area contributed by atoms with Gasteiger partial charge in [0.1, 0.15) is 16.3 Å². The largest absolute Gasteiger partial charge is 0.462 e. The van der Waals surface area contributed by atoms with Crippen LogP contribution in [0.2, 0.25) is 0 Å². The molecule has 0 aliphatic rings. The summed E-state index contributed by atoms with van der Waals surface area (Å²) in [5.74, 6) is -1.61. The van der Waals surface area contributed by atoms with E-state index in [1.165, 1.54) is 36.3 Å². The van der Waals surface area contributed by atoms with Crippen molar-refractivity contribution in [3.8, 4) is 5.75 Å². The Bertz CT molecular complexity index is 1500. The van der Waals surface area contributed by atoms with Gasteiger partial charge in [0.2, 0.25) is 0 Å². The Balaban J connectivity index is 1.36. The smallest absolute Gasteiger partial charge is 0.353 e. The third-order valence-electron chi connectivity index (χ3n) is 6.21. The Hall–Kier alpha value is -4.11. The Morgan fingerprint density at radius 1 is 0.875 bits per heavy atom. The second-order valence-corrected chi connectivity index (χ2v) is 10.6. The molecule has 7 nitrogen and oxygen atoms in total. The van der Waals surface area contributed by atoms with Crippen molar-refractivity contribution in [2.75, 3.05) is 25.6 Å². The number of nitrogens with zero attached hydrogens (tertiary/aromatic N) is 3. The van der Waals surface area contributed by atoms with Crippen LogP contribution >= 0.6 is 11.3 Å². The fraction of sp³-hybridized carbons (Fsp3) is 0.290. The van der Waals surface area contributed by atoms with Crippen LogP contribution in [-0.2, 0) is 4.74 Å². The minimum absolute atomic E-state index is 0.0266. The summed E-state index contributed by atoms with van der Waals surface area (Å²) in [7, 11) is 3.88. The van der Waals surface area contributed by atoms with E-state index in [1.807, 2.05) is 31.1 Å². The molecule has 9 heteroatoms. The van der Waals surface area contributed by atoms with Gasteiger partial charge in [-0.3, -0.25) is 0 Å². The number of unbranched alkanes of at least 4 members (excludes halogenated alkanes) is 4. The molecular weight excluding hydrogens is 529 g/mol. The number of rotatable bonds is 12. The van der Waals surface area contributed by atoms with Crippen molar-refractivity contribution < 1.29 is 23.5 Å². The van der Waals surface area contributed by atoms with Crippen LogP contribution in [0.25, 0.3) is 10.1 Å². The molecule has 0 saturated heterocycles. The molecule has 1 aromatic heterocycles. The van der Waals surface area contributed by atoms with Gasteiger partial charge in [0.05, 0.1) is 17.9 Å². The average Bonchev–Trinajstić information content (AvgIpc) is 3.38. The molecule has 0 aliphatic heterocycles. The predicted octanol–water partition coefficient (Wildman–Crippen LogP) is 8.87. The number of fused-ring (bicyclic) bond motifs is 1. The molecule has 0 atom stereocenters. The molecule has 0 radical (unpaired) electrons. The zero-order valence-electron chi connectivity index (χ0n) is 22.9. The van der Waals surface area contributed by atoms with Crippen LogP contribution in [0.1, 0.15) is 59.1 Å². The maximum atomic E-state index is 14.6. The molecule has 4 aromatic rings. The van der Waals surface area contributed by atoms with E-state index >= 15 is 0 Å². The van der Waals surface area contributed by atoms with Gasteiger partial charge in [0.25, 0.3) is 0 Å². The number of benzene rings is 3. The number of carbonyl (C=O) groups excluding carboxylic acids is 2. The lowest BCUT2D eigenvalue weighted by atomic mass is 10.1. The van der Waals surface area contributed by atoms with E-state index < -0.39 is 11.8 Å². The number of hydrogen-bond donors (Lipinski definition) is 0. The normalized spacial score (nSPS) is 11.2. The van der Waals surface area contributed by atoms with Crippen LogP contribution in [0.5, 0.6) is 5.75 Å². The van der Waals surface area contributed by atoms with Crippen molar-refractivity contribution in [2.45, 2.75) is 39.0 Å². The zero-order valence-corrected chi connectivity index (χ0v) is 23.7. The Kier molecular flexibility index (Phi) is 9.96. The van der Waals surface area contributed by atoms with Gasteiger partial charge in [-0.25, -0.2) is 14.0 Å². The summed E-state index contributed by atoms with van der Waals surface area (Å²) >= 11 is 1.20. The van der Waals surface area contributed by atoms with E-state index in [4.69, 9.17) is 9.47 Å². The van der Waals surface area contributed by atoms with E-state index in [9.17, 15) is 14.0 Å². The van der Waals surface area contributed by atoms with Crippen molar-refractivity contribution in [3.05, 3.63) is 83.0 Å².